The maximum Gasteiger partial charge on any atom is 0.227 e. The molecule has 2 aliphatic rings. The first-order chi connectivity index (χ1) is 11.8. The van der Waals surface area contributed by atoms with E-state index in [1.54, 1.807) is 11.3 Å². The number of anilines is 1. The van der Waals surface area contributed by atoms with Gasteiger partial charge in [-0.25, -0.2) is 9.97 Å². The standard InChI is InChI=1S/C17H23N5OS/c23-16(14-3-1-8-21(11-14)17-19-6-10-24-17)20-7-2-4-15(12-20)22-9-5-18-13-22/h5-6,9-10,13-15H,1-4,7-8,11-12H2/t14-,15-/m1/s1. The van der Waals surface area contributed by atoms with Gasteiger partial charge < -0.3 is 14.4 Å². The van der Waals surface area contributed by atoms with Crippen LogP contribution in [0.4, 0.5) is 5.13 Å². The summed E-state index contributed by atoms with van der Waals surface area (Å²) < 4.78 is 2.14. The predicted octanol–water partition coefficient (Wildman–Crippen LogP) is 2.42. The molecule has 0 aromatic carbocycles. The van der Waals surface area contributed by atoms with Crippen molar-refractivity contribution in [1.29, 1.82) is 0 Å². The van der Waals surface area contributed by atoms with Crippen LogP contribution in [0.15, 0.2) is 30.3 Å². The Kier molecular flexibility index (Phi) is 4.51. The van der Waals surface area contributed by atoms with Crippen LogP contribution in [0.2, 0.25) is 0 Å². The van der Waals surface area contributed by atoms with Gasteiger partial charge in [0.1, 0.15) is 0 Å². The van der Waals surface area contributed by atoms with Gasteiger partial charge >= 0.3 is 0 Å². The lowest BCUT2D eigenvalue weighted by Gasteiger charge is -2.38. The van der Waals surface area contributed by atoms with Crippen LogP contribution in [0.25, 0.3) is 0 Å². The molecule has 2 aliphatic heterocycles. The van der Waals surface area contributed by atoms with E-state index in [0.29, 0.717) is 11.9 Å². The van der Waals surface area contributed by atoms with Crippen molar-refractivity contribution in [1.82, 2.24) is 19.4 Å². The average Bonchev–Trinajstić information content (AvgIpc) is 3.35. The summed E-state index contributed by atoms with van der Waals surface area (Å²) >= 11 is 1.66. The molecule has 4 rings (SSSR count). The van der Waals surface area contributed by atoms with E-state index < -0.39 is 0 Å². The Morgan fingerprint density at radius 2 is 2.08 bits per heavy atom. The fraction of sp³-hybridized carbons (Fsp3) is 0.588. The number of nitrogens with zero attached hydrogens (tertiary/aromatic N) is 5. The van der Waals surface area contributed by atoms with Gasteiger partial charge in [0.25, 0.3) is 0 Å². The maximum absolute atomic E-state index is 13.0. The summed E-state index contributed by atoms with van der Waals surface area (Å²) in [5.74, 6) is 0.422. The van der Waals surface area contributed by atoms with Gasteiger partial charge in [-0.3, -0.25) is 4.79 Å². The molecule has 2 aromatic rings. The zero-order chi connectivity index (χ0) is 16.4. The van der Waals surface area contributed by atoms with E-state index in [1.165, 1.54) is 0 Å². The van der Waals surface area contributed by atoms with Gasteiger partial charge in [0.2, 0.25) is 5.91 Å². The molecule has 2 fully saturated rings. The van der Waals surface area contributed by atoms with E-state index in [4.69, 9.17) is 0 Å². The number of carbonyl (C=O) groups excluding carboxylic acids is 1. The Bertz CT molecular complexity index is 600. The minimum atomic E-state index is 0.101. The molecule has 24 heavy (non-hydrogen) atoms. The number of hydrogen-bond donors (Lipinski definition) is 0. The van der Waals surface area contributed by atoms with Gasteiger partial charge in [-0.2, -0.15) is 0 Å². The summed E-state index contributed by atoms with van der Waals surface area (Å²) in [7, 11) is 0. The number of thiazole rings is 1. The number of piperidine rings is 2. The van der Waals surface area contributed by atoms with E-state index >= 15 is 0 Å². The third-order valence-electron chi connectivity index (χ3n) is 5.12. The molecule has 0 aliphatic carbocycles. The van der Waals surface area contributed by atoms with Crippen LogP contribution in [-0.2, 0) is 4.79 Å². The summed E-state index contributed by atoms with van der Waals surface area (Å²) in [6.07, 6.45) is 11.8. The van der Waals surface area contributed by atoms with Crippen molar-refractivity contribution in [3.8, 4) is 0 Å². The summed E-state index contributed by atoms with van der Waals surface area (Å²) in [5, 5.41) is 3.05. The minimum absolute atomic E-state index is 0.101. The summed E-state index contributed by atoms with van der Waals surface area (Å²) in [6.45, 7) is 3.51. The van der Waals surface area contributed by atoms with E-state index in [9.17, 15) is 4.79 Å². The normalized spacial score (nSPS) is 25.0. The zero-order valence-corrected chi connectivity index (χ0v) is 14.6. The number of hydrogen-bond acceptors (Lipinski definition) is 5. The van der Waals surface area contributed by atoms with Crippen molar-refractivity contribution in [3.05, 3.63) is 30.3 Å². The molecule has 0 spiro atoms. The van der Waals surface area contributed by atoms with Crippen LogP contribution in [0.3, 0.4) is 0 Å². The highest BCUT2D eigenvalue weighted by molar-refractivity contribution is 7.13. The van der Waals surface area contributed by atoms with Crippen LogP contribution in [-0.4, -0.2) is 51.5 Å². The molecule has 0 radical (unpaired) electrons. The molecule has 0 bridgehead atoms. The molecular weight excluding hydrogens is 322 g/mol. The van der Waals surface area contributed by atoms with Crippen molar-refractivity contribution < 1.29 is 4.79 Å². The smallest absolute Gasteiger partial charge is 0.227 e. The van der Waals surface area contributed by atoms with Crippen molar-refractivity contribution in [2.45, 2.75) is 31.7 Å². The Morgan fingerprint density at radius 3 is 2.88 bits per heavy atom. The highest BCUT2D eigenvalue weighted by atomic mass is 32.1. The van der Waals surface area contributed by atoms with Gasteiger partial charge in [-0.05, 0) is 25.7 Å². The molecule has 2 atom stereocenters. The monoisotopic (exact) mass is 345 g/mol. The largest absolute Gasteiger partial charge is 0.347 e. The first-order valence-electron chi connectivity index (χ1n) is 8.72. The van der Waals surface area contributed by atoms with E-state index in [2.05, 4.69) is 24.3 Å². The molecule has 0 unspecified atom stereocenters. The van der Waals surface area contributed by atoms with Crippen LogP contribution in [0, 0.1) is 5.92 Å². The maximum atomic E-state index is 13.0. The fourth-order valence-electron chi connectivity index (χ4n) is 3.87. The second kappa shape index (κ2) is 6.93. The molecule has 2 aromatic heterocycles. The van der Waals surface area contributed by atoms with E-state index in [1.807, 2.05) is 30.3 Å². The molecular formula is C17H23N5OS. The van der Waals surface area contributed by atoms with Crippen LogP contribution < -0.4 is 4.90 Å². The number of carbonyl (C=O) groups is 1. The van der Waals surface area contributed by atoms with Crippen LogP contribution >= 0.6 is 11.3 Å². The van der Waals surface area contributed by atoms with Gasteiger partial charge in [0.05, 0.1) is 18.3 Å². The number of rotatable bonds is 3. The second-order valence-electron chi connectivity index (χ2n) is 6.69. The van der Waals surface area contributed by atoms with Gasteiger partial charge in [-0.1, -0.05) is 0 Å². The second-order valence-corrected chi connectivity index (χ2v) is 7.56. The van der Waals surface area contributed by atoms with Crippen LogP contribution in [0.1, 0.15) is 31.7 Å². The quantitative estimate of drug-likeness (QED) is 0.857. The zero-order valence-electron chi connectivity index (χ0n) is 13.8. The third kappa shape index (κ3) is 3.17. The molecule has 1 amide bonds. The van der Waals surface area contributed by atoms with E-state index in [-0.39, 0.29) is 5.92 Å². The highest BCUT2D eigenvalue weighted by Crippen LogP contribution is 2.28. The molecule has 6 nitrogen and oxygen atoms in total. The Balaban J connectivity index is 1.41. The summed E-state index contributed by atoms with van der Waals surface area (Å²) in [6, 6.07) is 0.365. The Labute approximate surface area is 146 Å². The Hall–Kier alpha value is -1.89. The van der Waals surface area contributed by atoms with Crippen molar-refractivity contribution in [2.24, 2.45) is 5.92 Å². The molecule has 0 saturated carbocycles. The first-order valence-corrected chi connectivity index (χ1v) is 9.60. The number of imidazole rings is 1. The molecule has 4 heterocycles. The lowest BCUT2D eigenvalue weighted by molar-refractivity contribution is -0.137. The predicted molar refractivity (Wildman–Crippen MR) is 94.1 cm³/mol. The average molecular weight is 345 g/mol. The van der Waals surface area contributed by atoms with Crippen LogP contribution in [0.5, 0.6) is 0 Å². The highest BCUT2D eigenvalue weighted by Gasteiger charge is 2.32. The minimum Gasteiger partial charge on any atom is -0.347 e. The Morgan fingerprint density at radius 1 is 1.17 bits per heavy atom. The van der Waals surface area contributed by atoms with Gasteiger partial charge in [-0.15, -0.1) is 11.3 Å². The molecule has 7 heteroatoms. The van der Waals surface area contributed by atoms with Crippen molar-refractivity contribution >= 4 is 22.4 Å². The number of aromatic nitrogens is 3. The number of amides is 1. The SMILES string of the molecule is O=C([C@@H]1CCCN(c2nccs2)C1)N1CCC[C@@H](n2ccnc2)C1. The fourth-order valence-corrected chi connectivity index (χ4v) is 4.55. The lowest BCUT2D eigenvalue weighted by Crippen LogP contribution is -2.48. The van der Waals surface area contributed by atoms with Crippen molar-refractivity contribution in [2.75, 3.05) is 31.1 Å². The first kappa shape index (κ1) is 15.6. The summed E-state index contributed by atoms with van der Waals surface area (Å²) in [4.78, 5) is 25.9. The van der Waals surface area contributed by atoms with Crippen molar-refractivity contribution in [3.63, 3.8) is 0 Å². The third-order valence-corrected chi connectivity index (χ3v) is 5.95. The van der Waals surface area contributed by atoms with Gasteiger partial charge in [0, 0.05) is 50.1 Å². The summed E-state index contributed by atoms with van der Waals surface area (Å²) in [5.41, 5.74) is 0. The molecule has 128 valence electrons. The number of likely N-dealkylation sites (tertiary alicyclic amines) is 1. The van der Waals surface area contributed by atoms with E-state index in [0.717, 1.165) is 57.0 Å². The lowest BCUT2D eigenvalue weighted by atomic mass is 9.95. The topological polar surface area (TPSA) is 54.3 Å². The molecule has 2 saturated heterocycles. The molecule has 0 N–H and O–H groups in total. The van der Waals surface area contributed by atoms with Gasteiger partial charge in [0.15, 0.2) is 5.13 Å².